The third-order valence-corrected chi connectivity index (χ3v) is 3.06. The molecule has 1 aromatic rings. The van der Waals surface area contributed by atoms with Gasteiger partial charge in [0.15, 0.2) is 11.6 Å². The molecule has 1 fully saturated rings. The molecule has 94 valence electrons. The first kappa shape index (κ1) is 12.1. The highest BCUT2D eigenvalue weighted by molar-refractivity contribution is 5.66. The van der Waals surface area contributed by atoms with E-state index in [1.807, 2.05) is 0 Å². The van der Waals surface area contributed by atoms with Crippen LogP contribution in [0.25, 0.3) is 0 Å². The molecule has 0 radical (unpaired) electrons. The molecule has 0 atom stereocenters. The number of hydrogen-bond acceptors (Lipinski definition) is 3. The molecule has 0 aliphatic carbocycles. The van der Waals surface area contributed by atoms with Crippen molar-refractivity contribution in [2.45, 2.75) is 12.8 Å². The summed E-state index contributed by atoms with van der Waals surface area (Å²) in [5, 5.41) is 2.87. The summed E-state index contributed by atoms with van der Waals surface area (Å²) in [5.41, 5.74) is 5.92. The Morgan fingerprint density at radius 2 is 1.94 bits per heavy atom. The zero-order valence-corrected chi connectivity index (χ0v) is 9.68. The van der Waals surface area contributed by atoms with Gasteiger partial charge in [-0.15, -0.1) is 0 Å². The van der Waals surface area contributed by atoms with Crippen LogP contribution in [-0.4, -0.2) is 31.1 Å². The summed E-state index contributed by atoms with van der Waals surface area (Å²) >= 11 is 0. The number of nitrogen functional groups attached to an aromatic ring is 1. The fourth-order valence-electron chi connectivity index (χ4n) is 2.09. The highest BCUT2D eigenvalue weighted by Gasteiger charge is 2.13. The van der Waals surface area contributed by atoms with Gasteiger partial charge in [-0.25, -0.2) is 8.78 Å². The zero-order chi connectivity index (χ0) is 12.3. The van der Waals surface area contributed by atoms with Crippen molar-refractivity contribution in [1.29, 1.82) is 0 Å². The van der Waals surface area contributed by atoms with Crippen molar-refractivity contribution in [3.05, 3.63) is 23.8 Å². The maximum Gasteiger partial charge on any atom is 0.183 e. The molecule has 1 heterocycles. The Morgan fingerprint density at radius 1 is 1.24 bits per heavy atom. The quantitative estimate of drug-likeness (QED) is 0.793. The van der Waals surface area contributed by atoms with Gasteiger partial charge in [-0.3, -0.25) is 0 Å². The molecule has 1 aliphatic heterocycles. The third-order valence-electron chi connectivity index (χ3n) is 3.06. The van der Waals surface area contributed by atoms with Gasteiger partial charge in [-0.1, -0.05) is 0 Å². The fraction of sp³-hybridized carbons (Fsp3) is 0.500. The van der Waals surface area contributed by atoms with Gasteiger partial charge < -0.3 is 16.0 Å². The Bertz CT molecular complexity index is 390. The predicted molar refractivity (Wildman–Crippen MR) is 64.9 cm³/mol. The van der Waals surface area contributed by atoms with Gasteiger partial charge in [0.1, 0.15) is 0 Å². The molecule has 2 rings (SSSR count). The number of benzene rings is 1. The summed E-state index contributed by atoms with van der Waals surface area (Å²) in [7, 11) is 0. The average molecular weight is 241 g/mol. The number of halogens is 2. The lowest BCUT2D eigenvalue weighted by Gasteiger charge is -2.16. The summed E-state index contributed by atoms with van der Waals surface area (Å²) in [4.78, 5) is 2.29. The Labute approximate surface area is 99.6 Å². The predicted octanol–water partition coefficient (Wildman–Crippen LogP) is 2.05. The SMILES string of the molecule is Nc1ccc(F)c(F)c1NCCN1CCCC1. The Morgan fingerprint density at radius 3 is 2.65 bits per heavy atom. The van der Waals surface area contributed by atoms with E-state index in [9.17, 15) is 8.78 Å². The van der Waals surface area contributed by atoms with E-state index in [4.69, 9.17) is 5.73 Å². The van der Waals surface area contributed by atoms with E-state index in [2.05, 4.69) is 10.2 Å². The molecule has 1 aromatic carbocycles. The van der Waals surface area contributed by atoms with Crippen molar-refractivity contribution >= 4 is 11.4 Å². The van der Waals surface area contributed by atoms with Crippen molar-refractivity contribution < 1.29 is 8.78 Å². The van der Waals surface area contributed by atoms with Gasteiger partial charge >= 0.3 is 0 Å². The lowest BCUT2D eigenvalue weighted by molar-refractivity contribution is 0.352. The summed E-state index contributed by atoms with van der Waals surface area (Å²) in [6, 6.07) is 2.41. The highest BCUT2D eigenvalue weighted by atomic mass is 19.2. The molecule has 0 spiro atoms. The number of nitrogens with zero attached hydrogens (tertiary/aromatic N) is 1. The third kappa shape index (κ3) is 2.85. The minimum Gasteiger partial charge on any atom is -0.397 e. The summed E-state index contributed by atoms with van der Waals surface area (Å²) in [6.07, 6.45) is 2.44. The maximum atomic E-state index is 13.4. The van der Waals surface area contributed by atoms with E-state index in [1.165, 1.54) is 18.9 Å². The van der Waals surface area contributed by atoms with Crippen LogP contribution in [0.15, 0.2) is 12.1 Å². The van der Waals surface area contributed by atoms with Crippen LogP contribution in [0.1, 0.15) is 12.8 Å². The van der Waals surface area contributed by atoms with Gasteiger partial charge in [-0.2, -0.15) is 0 Å². The average Bonchev–Trinajstić information content (AvgIpc) is 2.81. The Hall–Kier alpha value is -1.36. The second-order valence-corrected chi connectivity index (χ2v) is 4.30. The van der Waals surface area contributed by atoms with Crippen LogP contribution in [0.5, 0.6) is 0 Å². The first-order valence-corrected chi connectivity index (χ1v) is 5.88. The summed E-state index contributed by atoms with van der Waals surface area (Å²) in [6.45, 7) is 3.57. The first-order valence-electron chi connectivity index (χ1n) is 5.88. The number of nitrogens with one attached hydrogen (secondary N) is 1. The largest absolute Gasteiger partial charge is 0.397 e. The molecular weight excluding hydrogens is 224 g/mol. The molecule has 5 heteroatoms. The molecule has 1 saturated heterocycles. The topological polar surface area (TPSA) is 41.3 Å². The molecule has 0 amide bonds. The van der Waals surface area contributed by atoms with E-state index < -0.39 is 11.6 Å². The van der Waals surface area contributed by atoms with Crippen LogP contribution < -0.4 is 11.1 Å². The smallest absolute Gasteiger partial charge is 0.183 e. The standard InChI is InChI=1S/C12H17F2N3/c13-9-3-4-10(15)12(11(9)14)16-5-8-17-6-1-2-7-17/h3-4,16H,1-2,5-8,15H2. The van der Waals surface area contributed by atoms with Crippen LogP contribution >= 0.6 is 0 Å². The zero-order valence-electron chi connectivity index (χ0n) is 9.68. The van der Waals surface area contributed by atoms with Gasteiger partial charge in [0, 0.05) is 13.1 Å². The van der Waals surface area contributed by atoms with Crippen molar-refractivity contribution in [2.24, 2.45) is 0 Å². The van der Waals surface area contributed by atoms with Crippen molar-refractivity contribution in [3.8, 4) is 0 Å². The van der Waals surface area contributed by atoms with Gasteiger partial charge in [0.05, 0.1) is 11.4 Å². The Kier molecular flexibility index (Phi) is 3.78. The van der Waals surface area contributed by atoms with E-state index in [-0.39, 0.29) is 11.4 Å². The lowest BCUT2D eigenvalue weighted by Crippen LogP contribution is -2.26. The van der Waals surface area contributed by atoms with Crippen LogP contribution in [0, 0.1) is 11.6 Å². The van der Waals surface area contributed by atoms with Crippen LogP contribution in [0.2, 0.25) is 0 Å². The van der Waals surface area contributed by atoms with E-state index in [1.54, 1.807) is 0 Å². The summed E-state index contributed by atoms with van der Waals surface area (Å²) in [5.74, 6) is -1.77. The van der Waals surface area contributed by atoms with Crippen LogP contribution in [0.3, 0.4) is 0 Å². The second-order valence-electron chi connectivity index (χ2n) is 4.30. The molecule has 0 saturated carbocycles. The molecule has 0 aromatic heterocycles. The molecule has 3 nitrogen and oxygen atoms in total. The highest BCUT2D eigenvalue weighted by Crippen LogP contribution is 2.24. The number of rotatable bonds is 4. The second kappa shape index (κ2) is 5.31. The van der Waals surface area contributed by atoms with Crippen molar-refractivity contribution in [2.75, 3.05) is 37.2 Å². The van der Waals surface area contributed by atoms with Crippen LogP contribution in [0.4, 0.5) is 20.2 Å². The molecule has 0 unspecified atom stereocenters. The fourth-order valence-corrected chi connectivity index (χ4v) is 2.09. The van der Waals surface area contributed by atoms with Crippen molar-refractivity contribution in [3.63, 3.8) is 0 Å². The minimum absolute atomic E-state index is 0.0733. The molecule has 3 N–H and O–H groups in total. The van der Waals surface area contributed by atoms with Gasteiger partial charge in [-0.05, 0) is 38.1 Å². The lowest BCUT2D eigenvalue weighted by atomic mass is 10.2. The van der Waals surface area contributed by atoms with Gasteiger partial charge in [0.2, 0.25) is 0 Å². The van der Waals surface area contributed by atoms with E-state index in [0.29, 0.717) is 6.54 Å². The molecule has 1 aliphatic rings. The van der Waals surface area contributed by atoms with Crippen LogP contribution in [-0.2, 0) is 0 Å². The number of hydrogen-bond donors (Lipinski definition) is 2. The molecule has 0 bridgehead atoms. The van der Waals surface area contributed by atoms with E-state index >= 15 is 0 Å². The maximum absolute atomic E-state index is 13.4. The monoisotopic (exact) mass is 241 g/mol. The minimum atomic E-state index is -0.897. The summed E-state index contributed by atoms with van der Waals surface area (Å²) < 4.78 is 26.4. The van der Waals surface area contributed by atoms with Gasteiger partial charge in [0.25, 0.3) is 0 Å². The molecule has 17 heavy (non-hydrogen) atoms. The van der Waals surface area contributed by atoms with Crippen molar-refractivity contribution in [1.82, 2.24) is 4.90 Å². The normalized spacial score (nSPS) is 16.4. The molecular formula is C12H17F2N3. The number of nitrogens with two attached hydrogens (primary N) is 1. The first-order chi connectivity index (χ1) is 8.18. The number of likely N-dealkylation sites (tertiary alicyclic amines) is 1. The Balaban J connectivity index is 1.91. The number of anilines is 2. The van der Waals surface area contributed by atoms with E-state index in [0.717, 1.165) is 25.7 Å².